The first-order valence-electron chi connectivity index (χ1n) is 9.98. The molecule has 29 heavy (non-hydrogen) atoms. The molecule has 3 atom stereocenters. The lowest BCUT2D eigenvalue weighted by Crippen LogP contribution is -2.57. The van der Waals surface area contributed by atoms with E-state index in [4.69, 9.17) is 0 Å². The molecule has 0 radical (unpaired) electrons. The number of hydrogen-bond donors (Lipinski definition) is 1. The minimum absolute atomic E-state index is 0.0150. The zero-order valence-corrected chi connectivity index (χ0v) is 17.4. The Balaban J connectivity index is 2.13. The summed E-state index contributed by atoms with van der Waals surface area (Å²) < 4.78 is 0. The molecular formula is C26H26O3. The van der Waals surface area contributed by atoms with Crippen LogP contribution in [-0.2, 0) is 9.59 Å². The van der Waals surface area contributed by atoms with Crippen LogP contribution >= 0.6 is 0 Å². The van der Waals surface area contributed by atoms with Crippen molar-refractivity contribution >= 4 is 22.3 Å². The highest BCUT2D eigenvalue weighted by molar-refractivity contribution is 6.17. The van der Waals surface area contributed by atoms with Crippen molar-refractivity contribution in [1.29, 1.82) is 0 Å². The number of hydrogen-bond acceptors (Lipinski definition) is 3. The molecule has 0 aromatic heterocycles. The van der Waals surface area contributed by atoms with E-state index in [1.54, 1.807) is 26.0 Å². The lowest BCUT2D eigenvalue weighted by molar-refractivity contribution is -0.147. The first-order valence-corrected chi connectivity index (χ1v) is 9.98. The van der Waals surface area contributed by atoms with Gasteiger partial charge in [-0.05, 0) is 53.8 Å². The molecule has 0 fully saturated rings. The van der Waals surface area contributed by atoms with Crippen molar-refractivity contribution in [1.82, 2.24) is 0 Å². The van der Waals surface area contributed by atoms with E-state index in [9.17, 15) is 14.7 Å². The van der Waals surface area contributed by atoms with Crippen LogP contribution in [0.4, 0.5) is 0 Å². The number of carbonyl (C=O) groups is 2. The first kappa shape index (κ1) is 19.4. The fraction of sp³-hybridized carbons (Fsp3) is 0.308. The highest BCUT2D eigenvalue weighted by atomic mass is 16.3. The summed E-state index contributed by atoms with van der Waals surface area (Å²) in [4.78, 5) is 27.2. The number of rotatable bonds is 2. The first-order chi connectivity index (χ1) is 13.7. The SMILES string of the molecule is C=CC1=CCC2(C)C(=O)C(C)=C(C)C(=O)C2(C)C1c1c(O)ccc2ccccc12. The standard InChI is InChI=1S/C26H26O3/c1-6-17-13-14-25(4)23(28)15(2)16(3)24(29)26(25,5)22(17)21-19-10-8-7-9-18(19)11-12-20(21)27/h6-13,22,27H,1,14H2,2-5H3. The third-order valence-electron chi connectivity index (χ3n) is 7.49. The summed E-state index contributed by atoms with van der Waals surface area (Å²) in [5.74, 6) is -0.344. The van der Waals surface area contributed by atoms with Gasteiger partial charge in [0.25, 0.3) is 0 Å². The normalized spacial score (nSPS) is 29.7. The molecule has 2 aliphatic carbocycles. The van der Waals surface area contributed by atoms with Crippen molar-refractivity contribution in [2.45, 2.75) is 40.0 Å². The summed E-state index contributed by atoms with van der Waals surface area (Å²) in [6, 6.07) is 11.4. The van der Waals surface area contributed by atoms with Gasteiger partial charge in [-0.1, -0.05) is 62.9 Å². The van der Waals surface area contributed by atoms with Crippen molar-refractivity contribution in [2.75, 3.05) is 0 Å². The van der Waals surface area contributed by atoms with E-state index in [1.165, 1.54) is 0 Å². The molecule has 0 aliphatic heterocycles. The van der Waals surface area contributed by atoms with Crippen molar-refractivity contribution in [3.63, 3.8) is 0 Å². The Bertz CT molecular complexity index is 1150. The van der Waals surface area contributed by atoms with Gasteiger partial charge in [-0.2, -0.15) is 0 Å². The number of Topliss-reactive ketones (excluding diaryl/α,β-unsaturated/α-hetero) is 2. The Hall–Kier alpha value is -2.94. The molecule has 4 rings (SSSR count). The molecule has 0 amide bonds. The Morgan fingerprint density at radius 3 is 2.38 bits per heavy atom. The number of aromatic hydroxyl groups is 1. The third-order valence-corrected chi connectivity index (χ3v) is 7.49. The largest absolute Gasteiger partial charge is 0.508 e. The average molecular weight is 386 g/mol. The van der Waals surface area contributed by atoms with Crippen LogP contribution in [0.15, 0.2) is 71.8 Å². The summed E-state index contributed by atoms with van der Waals surface area (Å²) in [5, 5.41) is 12.8. The van der Waals surface area contributed by atoms with E-state index in [0.717, 1.165) is 16.3 Å². The van der Waals surface area contributed by atoms with Crippen molar-refractivity contribution in [2.24, 2.45) is 10.8 Å². The number of ketones is 2. The second kappa shape index (κ2) is 6.28. The van der Waals surface area contributed by atoms with E-state index >= 15 is 0 Å². The second-order valence-electron chi connectivity index (χ2n) is 8.71. The maximum absolute atomic E-state index is 13.8. The molecule has 1 N–H and O–H groups in total. The third kappa shape index (κ3) is 2.30. The van der Waals surface area contributed by atoms with Gasteiger partial charge in [-0.25, -0.2) is 0 Å². The van der Waals surface area contributed by atoms with Gasteiger partial charge in [0, 0.05) is 16.9 Å². The number of carbonyl (C=O) groups excluding carboxylic acids is 2. The van der Waals surface area contributed by atoms with Crippen molar-refractivity contribution < 1.29 is 14.7 Å². The zero-order chi connectivity index (χ0) is 21.1. The number of phenols is 1. The van der Waals surface area contributed by atoms with Gasteiger partial charge < -0.3 is 5.11 Å². The number of allylic oxidation sites excluding steroid dienone is 5. The molecular weight excluding hydrogens is 360 g/mol. The van der Waals surface area contributed by atoms with Crippen LogP contribution in [0, 0.1) is 10.8 Å². The highest BCUT2D eigenvalue weighted by Gasteiger charge is 2.63. The predicted molar refractivity (Wildman–Crippen MR) is 116 cm³/mol. The molecule has 0 saturated heterocycles. The van der Waals surface area contributed by atoms with Crippen molar-refractivity contribution in [3.8, 4) is 5.75 Å². The lowest BCUT2D eigenvalue weighted by Gasteiger charge is -2.54. The van der Waals surface area contributed by atoms with E-state index < -0.39 is 16.7 Å². The molecule has 3 nitrogen and oxygen atoms in total. The van der Waals surface area contributed by atoms with Gasteiger partial charge in [0.1, 0.15) is 5.75 Å². The van der Waals surface area contributed by atoms with Crippen LogP contribution in [-0.4, -0.2) is 16.7 Å². The molecule has 3 unspecified atom stereocenters. The molecule has 0 spiro atoms. The zero-order valence-electron chi connectivity index (χ0n) is 17.4. The smallest absolute Gasteiger partial charge is 0.166 e. The summed E-state index contributed by atoms with van der Waals surface area (Å²) >= 11 is 0. The summed E-state index contributed by atoms with van der Waals surface area (Å²) in [7, 11) is 0. The fourth-order valence-electron chi connectivity index (χ4n) is 5.40. The van der Waals surface area contributed by atoms with E-state index in [-0.39, 0.29) is 17.3 Å². The molecule has 2 aromatic rings. The maximum atomic E-state index is 13.8. The Morgan fingerprint density at radius 2 is 1.69 bits per heavy atom. The molecule has 0 saturated carbocycles. The summed E-state index contributed by atoms with van der Waals surface area (Å²) in [6.07, 6.45) is 4.25. The molecule has 2 aliphatic rings. The fourth-order valence-corrected chi connectivity index (χ4v) is 5.40. The summed E-state index contributed by atoms with van der Waals surface area (Å²) in [6.45, 7) is 11.3. The van der Waals surface area contributed by atoms with Gasteiger partial charge >= 0.3 is 0 Å². The topological polar surface area (TPSA) is 54.4 Å². The van der Waals surface area contributed by atoms with Crippen LogP contribution in [0.3, 0.4) is 0 Å². The van der Waals surface area contributed by atoms with Gasteiger partial charge in [0.2, 0.25) is 0 Å². The van der Waals surface area contributed by atoms with E-state index in [0.29, 0.717) is 23.1 Å². The minimum atomic E-state index is -1.02. The van der Waals surface area contributed by atoms with Crippen LogP contribution in [0.2, 0.25) is 0 Å². The van der Waals surface area contributed by atoms with E-state index in [1.807, 2.05) is 50.3 Å². The van der Waals surface area contributed by atoms with E-state index in [2.05, 4.69) is 6.58 Å². The van der Waals surface area contributed by atoms with Gasteiger partial charge in [-0.3, -0.25) is 9.59 Å². The Kier molecular flexibility index (Phi) is 4.20. The maximum Gasteiger partial charge on any atom is 0.166 e. The van der Waals surface area contributed by atoms with Crippen molar-refractivity contribution in [3.05, 3.63) is 77.4 Å². The van der Waals surface area contributed by atoms with Gasteiger partial charge in [0.15, 0.2) is 11.6 Å². The van der Waals surface area contributed by atoms with Crippen LogP contribution in [0.1, 0.15) is 45.6 Å². The molecule has 0 heterocycles. The monoisotopic (exact) mass is 386 g/mol. The van der Waals surface area contributed by atoms with Gasteiger partial charge in [0.05, 0.1) is 5.41 Å². The van der Waals surface area contributed by atoms with Gasteiger partial charge in [-0.15, -0.1) is 0 Å². The second-order valence-corrected chi connectivity index (χ2v) is 8.71. The Morgan fingerprint density at radius 1 is 1.03 bits per heavy atom. The number of fused-ring (bicyclic) bond motifs is 2. The Labute approximate surface area is 171 Å². The van der Waals surface area contributed by atoms with Crippen LogP contribution in [0.5, 0.6) is 5.75 Å². The van der Waals surface area contributed by atoms with Crippen LogP contribution in [0.25, 0.3) is 10.8 Å². The minimum Gasteiger partial charge on any atom is -0.508 e. The molecule has 2 aromatic carbocycles. The molecule has 3 heteroatoms. The average Bonchev–Trinajstić information content (AvgIpc) is 2.73. The number of phenolic OH excluding ortho intramolecular Hbond substituents is 1. The molecule has 148 valence electrons. The quantitative estimate of drug-likeness (QED) is 0.726. The number of benzene rings is 2. The summed E-state index contributed by atoms with van der Waals surface area (Å²) in [5.41, 5.74) is 0.736. The highest BCUT2D eigenvalue weighted by Crippen LogP contribution is 2.63. The molecule has 0 bridgehead atoms. The lowest BCUT2D eigenvalue weighted by atomic mass is 9.45. The predicted octanol–water partition coefficient (Wildman–Crippen LogP) is 5.65. The van der Waals surface area contributed by atoms with Crippen LogP contribution < -0.4 is 0 Å².